The van der Waals surface area contributed by atoms with Gasteiger partial charge in [-0.05, 0) is 96.6 Å². The van der Waals surface area contributed by atoms with Crippen molar-refractivity contribution in [1.82, 2.24) is 0 Å². The summed E-state index contributed by atoms with van der Waals surface area (Å²) in [6.45, 7) is 0. The van der Waals surface area contributed by atoms with Crippen molar-refractivity contribution in [2.45, 2.75) is 20.9 Å². The van der Waals surface area contributed by atoms with Crippen LogP contribution in [0.5, 0.6) is 34.5 Å². The third kappa shape index (κ3) is 10.2. The van der Waals surface area contributed by atoms with Gasteiger partial charge in [0.1, 0.15) is 17.2 Å². The van der Waals surface area contributed by atoms with Crippen LogP contribution in [-0.4, -0.2) is 5.97 Å². The van der Waals surface area contributed by atoms with E-state index in [1.807, 2.05) is 146 Å². The molecule has 9 heteroatoms. The molecule has 0 bridgehead atoms. The molecule has 0 atom stereocenters. The summed E-state index contributed by atoms with van der Waals surface area (Å²) in [6.07, 6.45) is -4.31. The van der Waals surface area contributed by atoms with Crippen LogP contribution in [0.4, 0.5) is 13.2 Å². The molecule has 0 heterocycles. The minimum atomic E-state index is -4.31. The number of benzene rings is 8. The zero-order valence-corrected chi connectivity index (χ0v) is 32.1. The first-order valence-corrected chi connectivity index (χ1v) is 19.6. The Kier molecular flexibility index (Phi) is 12.7. The van der Waals surface area contributed by atoms with Gasteiger partial charge in [0, 0.05) is 11.1 Å². The lowest BCUT2D eigenvalue weighted by Crippen LogP contribution is -2.23. The molecule has 0 aliphatic heterocycles. The van der Waals surface area contributed by atoms with E-state index in [9.17, 15) is 23.1 Å². The van der Waals surface area contributed by atoms with Crippen molar-refractivity contribution >= 4 is 16.9 Å². The second kappa shape index (κ2) is 18.8. The van der Waals surface area contributed by atoms with E-state index in [0.717, 1.165) is 26.8 Å². The molecule has 0 aliphatic rings. The third-order valence-corrected chi connectivity index (χ3v) is 11.0. The second-order valence-corrected chi connectivity index (χ2v) is 14.8. The fourth-order valence-corrected chi connectivity index (χ4v) is 8.15. The Bertz CT molecular complexity index is 2520. The molecular formula is C50H35F3O5S. The van der Waals surface area contributed by atoms with Gasteiger partial charge < -0.3 is 24.1 Å². The van der Waals surface area contributed by atoms with Crippen LogP contribution >= 0.6 is 0 Å². The average Bonchev–Trinajstić information content (AvgIpc) is 3.27. The number of hydrogen-bond donors (Lipinski definition) is 0. The number of carboxylic acids is 1. The molecule has 0 aliphatic carbocycles. The molecule has 0 saturated carbocycles. The normalized spacial score (nSPS) is 10.9. The third-order valence-electron chi connectivity index (χ3n) is 8.76. The van der Waals surface area contributed by atoms with Gasteiger partial charge in [-0.3, -0.25) is 0 Å². The van der Waals surface area contributed by atoms with Crippen molar-refractivity contribution in [1.29, 1.82) is 0 Å². The first kappa shape index (κ1) is 40.0. The van der Waals surface area contributed by atoms with Gasteiger partial charge in [0.2, 0.25) is 5.75 Å². The van der Waals surface area contributed by atoms with Gasteiger partial charge in [-0.1, -0.05) is 121 Å². The van der Waals surface area contributed by atoms with E-state index in [-0.39, 0.29) is 22.8 Å². The van der Waals surface area contributed by atoms with Gasteiger partial charge in [-0.2, -0.15) is 13.2 Å². The smallest absolute Gasteiger partial charge is 0.416 e. The van der Waals surface area contributed by atoms with Gasteiger partial charge >= 0.3 is 6.18 Å². The van der Waals surface area contributed by atoms with Gasteiger partial charge in [0.25, 0.3) is 0 Å². The monoisotopic (exact) mass is 804 g/mol. The molecular weight excluding hydrogens is 770 g/mol. The molecule has 0 unspecified atom stereocenters. The number of carboxylic acid groups (broad SMARTS) is 1. The Morgan fingerprint density at radius 3 is 1.25 bits per heavy atom. The molecule has 59 heavy (non-hydrogen) atoms. The van der Waals surface area contributed by atoms with Crippen LogP contribution in [0.25, 0.3) is 11.1 Å². The van der Waals surface area contributed by atoms with Crippen molar-refractivity contribution in [3.05, 3.63) is 223 Å². The molecule has 0 N–H and O–H groups in total. The number of halogens is 3. The quantitative estimate of drug-likeness (QED) is 0.122. The van der Waals surface area contributed by atoms with E-state index in [1.54, 1.807) is 48.5 Å². The molecule has 8 aromatic rings. The van der Waals surface area contributed by atoms with Gasteiger partial charge in [-0.15, -0.1) is 0 Å². The van der Waals surface area contributed by atoms with Crippen molar-refractivity contribution in [3.8, 4) is 45.6 Å². The predicted molar refractivity (Wildman–Crippen MR) is 222 cm³/mol. The summed E-state index contributed by atoms with van der Waals surface area (Å²) in [7, 11) is -0.417. The van der Waals surface area contributed by atoms with Crippen LogP contribution in [0.15, 0.2) is 227 Å². The Hall–Kier alpha value is -7.23. The van der Waals surface area contributed by atoms with E-state index in [0.29, 0.717) is 28.4 Å². The van der Waals surface area contributed by atoms with Crippen LogP contribution in [0.2, 0.25) is 0 Å². The molecule has 0 aromatic heterocycles. The first-order chi connectivity index (χ1) is 28.7. The summed E-state index contributed by atoms with van der Waals surface area (Å²) >= 11 is 0. The molecule has 0 saturated heterocycles. The highest BCUT2D eigenvalue weighted by atomic mass is 32.2. The lowest BCUT2D eigenvalue weighted by molar-refractivity contribution is -0.255. The van der Waals surface area contributed by atoms with Crippen LogP contribution < -0.4 is 19.3 Å². The lowest BCUT2D eigenvalue weighted by Gasteiger charge is -2.23. The van der Waals surface area contributed by atoms with E-state index in [4.69, 9.17) is 14.2 Å². The highest BCUT2D eigenvalue weighted by molar-refractivity contribution is 7.97. The standard InChI is InChI=1S/C31H22O5.C19H14F3S/c32-31(33)26-21-27(34-23-15-7-2-8-16-23)29(35-24-17-9-3-10-18-24)30(36-25-19-11-4-12-20-25)28(26)22-13-5-1-6-14-22;20-19(21,22)15-11-13-18(14-12-15)23(16-7-3-1-4-8-16)17-9-5-2-6-10-17/h1-21H,(H,32,33);1-14H/q;+1/p-1. The van der Waals surface area contributed by atoms with Crippen molar-refractivity contribution in [2.24, 2.45) is 0 Å². The maximum absolute atomic E-state index is 12.8. The number of hydrogen-bond acceptors (Lipinski definition) is 5. The fourth-order valence-electron chi connectivity index (χ4n) is 6.07. The van der Waals surface area contributed by atoms with E-state index in [1.165, 1.54) is 6.07 Å². The van der Waals surface area contributed by atoms with E-state index >= 15 is 0 Å². The summed E-state index contributed by atoms with van der Waals surface area (Å²) in [5, 5.41) is 12.4. The molecule has 0 spiro atoms. The number of rotatable bonds is 11. The molecule has 8 aromatic carbocycles. The zero-order valence-electron chi connectivity index (χ0n) is 31.3. The minimum absolute atomic E-state index is 0.0847. The average molecular weight is 805 g/mol. The van der Waals surface area contributed by atoms with Crippen molar-refractivity contribution in [3.63, 3.8) is 0 Å². The number of para-hydroxylation sites is 3. The van der Waals surface area contributed by atoms with Gasteiger partial charge in [-0.25, -0.2) is 0 Å². The van der Waals surface area contributed by atoms with Crippen molar-refractivity contribution < 1.29 is 37.3 Å². The number of aromatic carboxylic acids is 1. The SMILES string of the molecule is FC(F)(F)c1ccc([S+](c2ccccc2)c2ccccc2)cc1.O=C([O-])c1cc(Oc2ccccc2)c(Oc2ccccc2)c(Oc2ccccc2)c1-c1ccccc1. The Labute approximate surface area is 342 Å². The Morgan fingerprint density at radius 1 is 0.458 bits per heavy atom. The summed E-state index contributed by atoms with van der Waals surface area (Å²) in [5.41, 5.74) is 0.252. The van der Waals surface area contributed by atoms with Crippen LogP contribution in [0, 0.1) is 0 Å². The molecule has 0 radical (unpaired) electrons. The zero-order chi connectivity index (χ0) is 41.0. The van der Waals surface area contributed by atoms with E-state index in [2.05, 4.69) is 0 Å². The fraction of sp³-hybridized carbons (Fsp3) is 0.0200. The van der Waals surface area contributed by atoms with Gasteiger partial charge in [0.05, 0.1) is 22.4 Å². The summed E-state index contributed by atoms with van der Waals surface area (Å²) < 4.78 is 57.1. The topological polar surface area (TPSA) is 67.8 Å². The van der Waals surface area contributed by atoms with Gasteiger partial charge in [0.15, 0.2) is 26.2 Å². The highest BCUT2D eigenvalue weighted by Gasteiger charge is 2.33. The molecule has 5 nitrogen and oxygen atoms in total. The maximum atomic E-state index is 12.8. The second-order valence-electron chi connectivity index (χ2n) is 12.8. The molecule has 292 valence electrons. The van der Waals surface area contributed by atoms with Crippen molar-refractivity contribution in [2.75, 3.05) is 0 Å². The number of carbonyl (C=O) groups excluding carboxylic acids is 1. The van der Waals surface area contributed by atoms with E-state index < -0.39 is 28.6 Å². The van der Waals surface area contributed by atoms with Crippen LogP contribution in [0.3, 0.4) is 0 Å². The predicted octanol–water partition coefficient (Wildman–Crippen LogP) is 12.9. The first-order valence-electron chi connectivity index (χ1n) is 18.4. The molecule has 0 fully saturated rings. The number of alkyl halides is 3. The summed E-state index contributed by atoms with van der Waals surface area (Å²) in [5.74, 6) is 0.799. The molecule has 0 amide bonds. The lowest BCUT2D eigenvalue weighted by atomic mass is 9.97. The Morgan fingerprint density at radius 2 is 0.831 bits per heavy atom. The Balaban J connectivity index is 0.000000198. The maximum Gasteiger partial charge on any atom is 0.416 e. The minimum Gasteiger partial charge on any atom is -0.545 e. The van der Waals surface area contributed by atoms with Crippen LogP contribution in [0.1, 0.15) is 15.9 Å². The number of carbonyl (C=O) groups is 1. The molecule has 8 rings (SSSR count). The number of ether oxygens (including phenoxy) is 3. The highest BCUT2D eigenvalue weighted by Crippen LogP contribution is 2.51. The largest absolute Gasteiger partial charge is 0.545 e. The summed E-state index contributed by atoms with van der Waals surface area (Å²) in [6, 6.07) is 63.0. The summed E-state index contributed by atoms with van der Waals surface area (Å²) in [4.78, 5) is 15.4. The van der Waals surface area contributed by atoms with Crippen LogP contribution in [-0.2, 0) is 17.1 Å².